The fourth-order valence-corrected chi connectivity index (χ4v) is 1.75. The Kier molecular flexibility index (Phi) is 4.66. The molecule has 4 nitrogen and oxygen atoms in total. The molecule has 1 N–H and O–H groups in total. The molecule has 0 fully saturated rings. The molecule has 108 valence electrons. The number of likely N-dealkylation sites (N-methyl/N-ethyl adjacent to an activating group) is 1. The summed E-state index contributed by atoms with van der Waals surface area (Å²) in [5.41, 5.74) is 1.03. The summed E-state index contributed by atoms with van der Waals surface area (Å²) in [6.45, 7) is -0.0791. The number of urea groups is 1. The molecule has 0 aliphatic heterocycles. The second-order valence-corrected chi connectivity index (χ2v) is 4.58. The summed E-state index contributed by atoms with van der Waals surface area (Å²) in [6, 6.07) is 13.8. The van der Waals surface area contributed by atoms with E-state index in [1.165, 1.54) is 36.2 Å². The third kappa shape index (κ3) is 4.14. The van der Waals surface area contributed by atoms with E-state index in [9.17, 15) is 14.0 Å². The lowest BCUT2D eigenvalue weighted by Crippen LogP contribution is -2.35. The number of ketones is 1. The highest BCUT2D eigenvalue weighted by Crippen LogP contribution is 2.08. The van der Waals surface area contributed by atoms with Gasteiger partial charge < -0.3 is 10.2 Å². The van der Waals surface area contributed by atoms with Gasteiger partial charge in [0.25, 0.3) is 0 Å². The summed E-state index contributed by atoms with van der Waals surface area (Å²) in [6.07, 6.45) is 0. The van der Waals surface area contributed by atoms with Crippen LogP contribution in [-0.2, 0) is 0 Å². The molecule has 0 unspecified atom stereocenters. The van der Waals surface area contributed by atoms with E-state index in [0.717, 1.165) is 0 Å². The Hall–Kier alpha value is -2.69. The van der Waals surface area contributed by atoms with Crippen molar-refractivity contribution in [3.8, 4) is 0 Å². The van der Waals surface area contributed by atoms with Gasteiger partial charge >= 0.3 is 6.03 Å². The number of amides is 2. The predicted octanol–water partition coefficient (Wildman–Crippen LogP) is 3.17. The van der Waals surface area contributed by atoms with Crippen LogP contribution in [0, 0.1) is 5.82 Å². The molecule has 0 saturated carbocycles. The molecular weight excluding hydrogens is 271 g/mol. The number of para-hydroxylation sites is 1. The highest BCUT2D eigenvalue weighted by Gasteiger charge is 2.14. The van der Waals surface area contributed by atoms with Crippen LogP contribution in [0.5, 0.6) is 0 Å². The Balaban J connectivity index is 1.94. The van der Waals surface area contributed by atoms with Crippen LogP contribution in [0.3, 0.4) is 0 Å². The second kappa shape index (κ2) is 6.65. The molecule has 0 aliphatic carbocycles. The van der Waals surface area contributed by atoms with E-state index < -0.39 is 5.82 Å². The number of carbonyl (C=O) groups is 2. The number of carbonyl (C=O) groups excluding carboxylic acids is 2. The number of anilines is 1. The predicted molar refractivity (Wildman–Crippen MR) is 78.8 cm³/mol. The normalized spacial score (nSPS) is 10.0. The third-order valence-corrected chi connectivity index (χ3v) is 2.92. The highest BCUT2D eigenvalue weighted by molar-refractivity contribution is 6.00. The molecule has 0 bridgehead atoms. The Labute approximate surface area is 122 Å². The minimum Gasteiger partial charge on any atom is -0.320 e. The van der Waals surface area contributed by atoms with Gasteiger partial charge in [-0.1, -0.05) is 18.2 Å². The maximum Gasteiger partial charge on any atom is 0.321 e. The number of halogens is 1. The summed E-state index contributed by atoms with van der Waals surface area (Å²) in [4.78, 5) is 25.2. The molecule has 5 heteroatoms. The lowest BCUT2D eigenvalue weighted by molar-refractivity contribution is 0.0958. The number of rotatable bonds is 4. The smallest absolute Gasteiger partial charge is 0.320 e. The van der Waals surface area contributed by atoms with Crippen LogP contribution >= 0.6 is 0 Å². The van der Waals surface area contributed by atoms with Gasteiger partial charge in [0.2, 0.25) is 0 Å². The lowest BCUT2D eigenvalue weighted by Gasteiger charge is -2.17. The Morgan fingerprint density at radius 3 is 2.29 bits per heavy atom. The van der Waals surface area contributed by atoms with Crippen LogP contribution in [0.15, 0.2) is 54.6 Å². The number of hydrogen-bond acceptors (Lipinski definition) is 2. The Morgan fingerprint density at radius 1 is 1.05 bits per heavy atom. The van der Waals surface area contributed by atoms with Crippen LogP contribution < -0.4 is 5.32 Å². The van der Waals surface area contributed by atoms with Crippen LogP contribution in [0.2, 0.25) is 0 Å². The van der Waals surface area contributed by atoms with Crippen molar-refractivity contribution < 1.29 is 14.0 Å². The van der Waals surface area contributed by atoms with Gasteiger partial charge in [-0.15, -0.1) is 0 Å². The number of benzene rings is 2. The molecular formula is C16H15FN2O2. The van der Waals surface area contributed by atoms with Gasteiger partial charge in [-0.2, -0.15) is 0 Å². The average Bonchev–Trinajstić information content (AvgIpc) is 2.48. The van der Waals surface area contributed by atoms with Gasteiger partial charge in [0, 0.05) is 18.3 Å². The van der Waals surface area contributed by atoms with Gasteiger partial charge in [0.05, 0.1) is 6.54 Å². The van der Waals surface area contributed by atoms with Crippen LogP contribution in [0.4, 0.5) is 14.9 Å². The molecule has 0 aliphatic rings. The molecule has 2 rings (SSSR count). The largest absolute Gasteiger partial charge is 0.321 e. The van der Waals surface area contributed by atoms with Gasteiger partial charge in [-0.25, -0.2) is 9.18 Å². The first-order chi connectivity index (χ1) is 10.1. The first-order valence-corrected chi connectivity index (χ1v) is 6.42. The van der Waals surface area contributed by atoms with Gasteiger partial charge in [0.1, 0.15) is 5.82 Å². The molecule has 0 aromatic heterocycles. The maximum atomic E-state index is 12.8. The van der Waals surface area contributed by atoms with Crippen molar-refractivity contribution in [2.24, 2.45) is 0 Å². The van der Waals surface area contributed by atoms with Crippen molar-refractivity contribution in [1.29, 1.82) is 0 Å². The second-order valence-electron chi connectivity index (χ2n) is 4.58. The zero-order valence-corrected chi connectivity index (χ0v) is 11.5. The van der Waals surface area contributed by atoms with E-state index in [2.05, 4.69) is 5.32 Å². The minimum absolute atomic E-state index is 0.0791. The van der Waals surface area contributed by atoms with Crippen molar-refractivity contribution in [2.45, 2.75) is 0 Å². The maximum absolute atomic E-state index is 12.8. The summed E-state index contributed by atoms with van der Waals surface area (Å²) < 4.78 is 12.8. The Morgan fingerprint density at radius 2 is 1.67 bits per heavy atom. The lowest BCUT2D eigenvalue weighted by atomic mass is 10.1. The van der Waals surface area contributed by atoms with Crippen molar-refractivity contribution in [3.05, 3.63) is 66.0 Å². The van der Waals surface area contributed by atoms with E-state index >= 15 is 0 Å². The SMILES string of the molecule is CN(CC(=O)c1ccc(F)cc1)C(=O)Nc1ccccc1. The minimum atomic E-state index is -0.401. The monoisotopic (exact) mass is 286 g/mol. The van der Waals surface area contributed by atoms with Gasteiger partial charge in [0.15, 0.2) is 5.78 Å². The Bertz CT molecular complexity index is 626. The molecule has 0 heterocycles. The van der Waals surface area contributed by atoms with Crippen molar-refractivity contribution in [1.82, 2.24) is 4.90 Å². The standard InChI is InChI=1S/C16H15FN2O2/c1-19(16(21)18-14-5-3-2-4-6-14)11-15(20)12-7-9-13(17)10-8-12/h2-10H,11H2,1H3,(H,18,21). The molecule has 0 saturated heterocycles. The van der Waals surface area contributed by atoms with Gasteiger partial charge in [-0.05, 0) is 36.4 Å². The molecule has 0 atom stereocenters. The molecule has 21 heavy (non-hydrogen) atoms. The number of nitrogens with one attached hydrogen (secondary N) is 1. The topological polar surface area (TPSA) is 49.4 Å². The first kappa shape index (κ1) is 14.7. The average molecular weight is 286 g/mol. The van der Waals surface area contributed by atoms with Crippen LogP contribution in [0.25, 0.3) is 0 Å². The van der Waals surface area contributed by atoms with E-state index in [1.54, 1.807) is 24.3 Å². The summed E-state index contributed by atoms with van der Waals surface area (Å²) in [5, 5.41) is 2.68. The van der Waals surface area contributed by atoms with Crippen LogP contribution in [-0.4, -0.2) is 30.3 Å². The number of hydrogen-bond donors (Lipinski definition) is 1. The van der Waals surface area contributed by atoms with Crippen molar-refractivity contribution in [2.75, 3.05) is 18.9 Å². The fraction of sp³-hybridized carbons (Fsp3) is 0.125. The molecule has 0 radical (unpaired) electrons. The fourth-order valence-electron chi connectivity index (χ4n) is 1.75. The highest BCUT2D eigenvalue weighted by atomic mass is 19.1. The van der Waals surface area contributed by atoms with E-state index in [0.29, 0.717) is 11.3 Å². The molecule has 0 spiro atoms. The number of nitrogens with zero attached hydrogens (tertiary/aromatic N) is 1. The first-order valence-electron chi connectivity index (χ1n) is 6.42. The van der Waals surface area contributed by atoms with Crippen LogP contribution in [0.1, 0.15) is 10.4 Å². The summed E-state index contributed by atoms with van der Waals surface area (Å²) >= 11 is 0. The zero-order chi connectivity index (χ0) is 15.2. The molecule has 2 amide bonds. The molecule has 2 aromatic rings. The summed E-state index contributed by atoms with van der Waals surface area (Å²) in [7, 11) is 1.53. The van der Waals surface area contributed by atoms with E-state index in [1.807, 2.05) is 6.07 Å². The zero-order valence-electron chi connectivity index (χ0n) is 11.5. The van der Waals surface area contributed by atoms with E-state index in [4.69, 9.17) is 0 Å². The third-order valence-electron chi connectivity index (χ3n) is 2.92. The van der Waals surface area contributed by atoms with Crippen molar-refractivity contribution >= 4 is 17.5 Å². The van der Waals surface area contributed by atoms with Gasteiger partial charge in [-0.3, -0.25) is 4.79 Å². The summed E-state index contributed by atoms with van der Waals surface area (Å²) in [5.74, 6) is -0.651. The number of Topliss-reactive ketones (excluding diaryl/α,β-unsaturated/α-hetero) is 1. The molecule has 2 aromatic carbocycles. The van der Waals surface area contributed by atoms with E-state index in [-0.39, 0.29) is 18.4 Å². The van der Waals surface area contributed by atoms with Crippen molar-refractivity contribution in [3.63, 3.8) is 0 Å². The quantitative estimate of drug-likeness (QED) is 0.878.